The van der Waals surface area contributed by atoms with Crippen molar-refractivity contribution in [2.45, 2.75) is 72.4 Å². The van der Waals surface area contributed by atoms with Crippen molar-refractivity contribution in [3.05, 3.63) is 0 Å². The van der Waals surface area contributed by atoms with E-state index in [2.05, 4.69) is 44.8 Å². The van der Waals surface area contributed by atoms with Gasteiger partial charge < -0.3 is 10.2 Å². The fourth-order valence-electron chi connectivity index (χ4n) is 4.71. The molecule has 0 aromatic rings. The van der Waals surface area contributed by atoms with E-state index in [4.69, 9.17) is 0 Å². The number of nitrogens with zero attached hydrogens (tertiary/aromatic N) is 1. The third kappa shape index (κ3) is 3.98. The zero-order valence-electron chi connectivity index (χ0n) is 14.4. The minimum Gasteiger partial charge on any atom is -0.314 e. The zero-order chi connectivity index (χ0) is 14.7. The largest absolute Gasteiger partial charge is 0.314 e. The molecule has 0 bridgehead atoms. The molecule has 6 atom stereocenters. The smallest absolute Gasteiger partial charge is 0.0112 e. The van der Waals surface area contributed by atoms with Gasteiger partial charge in [0.25, 0.3) is 0 Å². The van der Waals surface area contributed by atoms with Gasteiger partial charge in [-0.05, 0) is 69.4 Å². The number of rotatable bonds is 4. The average molecular weight is 280 g/mol. The molecule has 2 nitrogen and oxygen atoms in total. The molecule has 1 saturated carbocycles. The van der Waals surface area contributed by atoms with Gasteiger partial charge in [-0.15, -0.1) is 0 Å². The van der Waals surface area contributed by atoms with Crippen molar-refractivity contribution in [2.24, 2.45) is 23.7 Å². The van der Waals surface area contributed by atoms with Gasteiger partial charge in [0.1, 0.15) is 0 Å². The Hall–Kier alpha value is -0.0800. The molecule has 1 heterocycles. The maximum Gasteiger partial charge on any atom is 0.0112 e. The molecule has 2 aliphatic rings. The Bertz CT molecular complexity index is 291. The van der Waals surface area contributed by atoms with E-state index in [1.807, 2.05) is 0 Å². The minimum atomic E-state index is 0.741. The maximum absolute atomic E-state index is 3.78. The monoisotopic (exact) mass is 280 g/mol. The molecule has 0 amide bonds. The fourth-order valence-corrected chi connectivity index (χ4v) is 4.71. The minimum absolute atomic E-state index is 0.741. The van der Waals surface area contributed by atoms with Crippen molar-refractivity contribution in [1.29, 1.82) is 0 Å². The molecule has 2 rings (SSSR count). The predicted molar refractivity (Wildman–Crippen MR) is 87.9 cm³/mol. The SMILES string of the molecule is CCNC1CC(C)CC(C)C1CN1CCC(C)CC1C. The van der Waals surface area contributed by atoms with E-state index in [1.165, 1.54) is 38.8 Å². The molecule has 20 heavy (non-hydrogen) atoms. The second-order valence-corrected chi connectivity index (χ2v) is 7.86. The molecule has 0 spiro atoms. The van der Waals surface area contributed by atoms with Gasteiger partial charge in [-0.1, -0.05) is 27.7 Å². The quantitative estimate of drug-likeness (QED) is 0.843. The zero-order valence-corrected chi connectivity index (χ0v) is 14.4. The Labute approximate surface area is 126 Å². The van der Waals surface area contributed by atoms with Crippen LogP contribution in [0.15, 0.2) is 0 Å². The first-order valence-corrected chi connectivity index (χ1v) is 8.98. The fraction of sp³-hybridized carbons (Fsp3) is 1.00. The van der Waals surface area contributed by atoms with Gasteiger partial charge in [0.05, 0.1) is 0 Å². The Morgan fingerprint density at radius 3 is 2.40 bits per heavy atom. The summed E-state index contributed by atoms with van der Waals surface area (Å²) < 4.78 is 0. The number of nitrogens with one attached hydrogen (secondary N) is 1. The highest BCUT2D eigenvalue weighted by atomic mass is 15.2. The van der Waals surface area contributed by atoms with E-state index >= 15 is 0 Å². The van der Waals surface area contributed by atoms with Crippen LogP contribution < -0.4 is 5.32 Å². The van der Waals surface area contributed by atoms with Crippen LogP contribution in [0.1, 0.15) is 60.3 Å². The van der Waals surface area contributed by atoms with Gasteiger partial charge in [0.2, 0.25) is 0 Å². The van der Waals surface area contributed by atoms with Gasteiger partial charge in [0, 0.05) is 18.6 Å². The first-order valence-electron chi connectivity index (χ1n) is 8.98. The van der Waals surface area contributed by atoms with Crippen LogP contribution >= 0.6 is 0 Å². The summed E-state index contributed by atoms with van der Waals surface area (Å²) in [7, 11) is 0. The number of piperidine rings is 1. The van der Waals surface area contributed by atoms with Crippen LogP contribution in [0.3, 0.4) is 0 Å². The molecule has 1 N–H and O–H groups in total. The van der Waals surface area contributed by atoms with Crippen LogP contribution in [0.2, 0.25) is 0 Å². The Morgan fingerprint density at radius 1 is 1.00 bits per heavy atom. The number of hydrogen-bond acceptors (Lipinski definition) is 2. The lowest BCUT2D eigenvalue weighted by molar-refractivity contribution is 0.0571. The molecule has 2 heteroatoms. The van der Waals surface area contributed by atoms with Crippen LogP contribution in [-0.4, -0.2) is 36.6 Å². The molecule has 118 valence electrons. The van der Waals surface area contributed by atoms with Crippen molar-refractivity contribution < 1.29 is 0 Å². The van der Waals surface area contributed by atoms with Gasteiger partial charge in [-0.3, -0.25) is 0 Å². The molecule has 0 radical (unpaired) electrons. The van der Waals surface area contributed by atoms with Crippen LogP contribution in [-0.2, 0) is 0 Å². The average Bonchev–Trinajstić information content (AvgIpc) is 2.36. The lowest BCUT2D eigenvalue weighted by Crippen LogP contribution is -2.51. The topological polar surface area (TPSA) is 15.3 Å². The molecular formula is C18H36N2. The van der Waals surface area contributed by atoms with Crippen molar-refractivity contribution >= 4 is 0 Å². The predicted octanol–water partition coefficient (Wildman–Crippen LogP) is 3.77. The second kappa shape index (κ2) is 7.26. The van der Waals surface area contributed by atoms with Crippen LogP contribution in [0.25, 0.3) is 0 Å². The normalized spacial score (nSPS) is 43.6. The van der Waals surface area contributed by atoms with Crippen LogP contribution in [0.4, 0.5) is 0 Å². The highest BCUT2D eigenvalue weighted by Gasteiger charge is 2.36. The molecule has 6 unspecified atom stereocenters. The van der Waals surface area contributed by atoms with Crippen LogP contribution in [0.5, 0.6) is 0 Å². The standard InChI is InChI=1S/C18H36N2/c1-6-19-18-11-14(3)9-15(4)17(18)12-20-8-7-13(2)10-16(20)5/h13-19H,6-12H2,1-5H3. The lowest BCUT2D eigenvalue weighted by atomic mass is 9.71. The van der Waals surface area contributed by atoms with Gasteiger partial charge >= 0.3 is 0 Å². The molecule has 1 aliphatic carbocycles. The third-order valence-corrected chi connectivity index (χ3v) is 5.87. The van der Waals surface area contributed by atoms with E-state index in [-0.39, 0.29) is 0 Å². The highest BCUT2D eigenvalue weighted by molar-refractivity contribution is 4.90. The molecule has 0 aromatic carbocycles. The van der Waals surface area contributed by atoms with Crippen molar-refractivity contribution in [1.82, 2.24) is 10.2 Å². The second-order valence-electron chi connectivity index (χ2n) is 7.86. The summed E-state index contributed by atoms with van der Waals surface area (Å²) in [5.74, 6) is 3.54. The van der Waals surface area contributed by atoms with E-state index in [1.54, 1.807) is 0 Å². The maximum atomic E-state index is 3.78. The molecule has 1 aliphatic heterocycles. The first-order chi connectivity index (χ1) is 9.51. The lowest BCUT2D eigenvalue weighted by Gasteiger charge is -2.45. The molecule has 1 saturated heterocycles. The summed E-state index contributed by atoms with van der Waals surface area (Å²) >= 11 is 0. The van der Waals surface area contributed by atoms with Gasteiger partial charge in [-0.25, -0.2) is 0 Å². The highest BCUT2D eigenvalue weighted by Crippen LogP contribution is 2.35. The van der Waals surface area contributed by atoms with E-state index in [0.29, 0.717) is 0 Å². The third-order valence-electron chi connectivity index (χ3n) is 5.87. The first kappa shape index (κ1) is 16.3. The molecule has 0 aromatic heterocycles. The molecule has 2 fully saturated rings. The van der Waals surface area contributed by atoms with Gasteiger partial charge in [0.15, 0.2) is 0 Å². The van der Waals surface area contributed by atoms with E-state index < -0.39 is 0 Å². The Morgan fingerprint density at radius 2 is 1.75 bits per heavy atom. The summed E-state index contributed by atoms with van der Waals surface area (Å²) in [6.07, 6.45) is 5.59. The van der Waals surface area contributed by atoms with E-state index in [9.17, 15) is 0 Å². The van der Waals surface area contributed by atoms with Crippen LogP contribution in [0, 0.1) is 23.7 Å². The van der Waals surface area contributed by atoms with Gasteiger partial charge in [-0.2, -0.15) is 0 Å². The number of likely N-dealkylation sites (tertiary alicyclic amines) is 1. The summed E-state index contributed by atoms with van der Waals surface area (Å²) in [5, 5.41) is 3.78. The number of hydrogen-bond donors (Lipinski definition) is 1. The van der Waals surface area contributed by atoms with Crippen molar-refractivity contribution in [2.75, 3.05) is 19.6 Å². The summed E-state index contributed by atoms with van der Waals surface area (Å²) in [6, 6.07) is 1.53. The summed E-state index contributed by atoms with van der Waals surface area (Å²) in [6.45, 7) is 15.8. The summed E-state index contributed by atoms with van der Waals surface area (Å²) in [4.78, 5) is 2.78. The summed E-state index contributed by atoms with van der Waals surface area (Å²) in [5.41, 5.74) is 0. The van der Waals surface area contributed by atoms with Crippen molar-refractivity contribution in [3.63, 3.8) is 0 Å². The van der Waals surface area contributed by atoms with E-state index in [0.717, 1.165) is 42.3 Å². The Balaban J connectivity index is 1.97. The Kier molecular flexibility index (Phi) is 5.92. The van der Waals surface area contributed by atoms with Crippen molar-refractivity contribution in [3.8, 4) is 0 Å². The molecular weight excluding hydrogens is 244 g/mol.